The number of rotatable bonds is 5. The minimum absolute atomic E-state index is 0.00104. The van der Waals surface area contributed by atoms with Crippen molar-refractivity contribution in [2.24, 2.45) is 0 Å². The van der Waals surface area contributed by atoms with Crippen LogP contribution >= 0.6 is 0 Å². The highest BCUT2D eigenvalue weighted by atomic mass is 16.7. The van der Waals surface area contributed by atoms with E-state index in [1.807, 2.05) is 0 Å². The number of ether oxygens (including phenoxy) is 2. The van der Waals surface area contributed by atoms with Gasteiger partial charge in [0.25, 0.3) is 0 Å². The predicted octanol–water partition coefficient (Wildman–Crippen LogP) is -1.37. The maximum Gasteiger partial charge on any atom is 0.371 e. The minimum Gasteiger partial charge on any atom is -0.508 e. The molecule has 1 aromatic rings. The summed E-state index contributed by atoms with van der Waals surface area (Å²) >= 11 is 0. The standard InChI is InChI=1S/C15H18O9/c16-6-10-11(18)12(19)13(20)15(24-10)23-9(14(21)22)5-7-1-3-8(17)4-2-7/h1-5,10-13,15-20H,6H2,(H,21,22)/b9-5-/t10-,11-,12+,13+,15+/m1/s1. The molecule has 0 aromatic heterocycles. The number of phenolic OH excluding ortho intramolecular Hbond substituents is 1. The lowest BCUT2D eigenvalue weighted by molar-refractivity contribution is -0.291. The van der Waals surface area contributed by atoms with Gasteiger partial charge in [0.1, 0.15) is 30.2 Å². The molecule has 1 aliphatic heterocycles. The monoisotopic (exact) mass is 342 g/mol. The van der Waals surface area contributed by atoms with Crippen molar-refractivity contribution in [1.29, 1.82) is 0 Å². The van der Waals surface area contributed by atoms with Crippen LogP contribution in [0.4, 0.5) is 0 Å². The summed E-state index contributed by atoms with van der Waals surface area (Å²) in [6.07, 6.45) is -6.64. The van der Waals surface area contributed by atoms with Crippen molar-refractivity contribution in [2.45, 2.75) is 30.7 Å². The average molecular weight is 342 g/mol. The Hall–Kier alpha value is -2.17. The van der Waals surface area contributed by atoms with E-state index in [0.29, 0.717) is 5.56 Å². The third-order valence-corrected chi connectivity index (χ3v) is 3.49. The number of hydrogen-bond acceptors (Lipinski definition) is 8. The van der Waals surface area contributed by atoms with E-state index in [1.165, 1.54) is 24.3 Å². The first kappa shape index (κ1) is 18.2. The van der Waals surface area contributed by atoms with E-state index >= 15 is 0 Å². The Morgan fingerprint density at radius 2 is 1.75 bits per heavy atom. The molecular weight excluding hydrogens is 324 g/mol. The van der Waals surface area contributed by atoms with Crippen LogP contribution in [0, 0.1) is 0 Å². The van der Waals surface area contributed by atoms with E-state index in [1.54, 1.807) is 0 Å². The lowest BCUT2D eigenvalue weighted by Gasteiger charge is -2.39. The number of aromatic hydroxyl groups is 1. The van der Waals surface area contributed by atoms with Crippen molar-refractivity contribution in [2.75, 3.05) is 6.61 Å². The predicted molar refractivity (Wildman–Crippen MR) is 78.6 cm³/mol. The van der Waals surface area contributed by atoms with Crippen LogP contribution < -0.4 is 0 Å². The highest BCUT2D eigenvalue weighted by molar-refractivity contribution is 5.89. The van der Waals surface area contributed by atoms with E-state index in [2.05, 4.69) is 0 Å². The summed E-state index contributed by atoms with van der Waals surface area (Å²) < 4.78 is 10.2. The first-order valence-corrected chi connectivity index (χ1v) is 7.04. The summed E-state index contributed by atoms with van der Waals surface area (Å²) in [6.45, 7) is -0.658. The van der Waals surface area contributed by atoms with Gasteiger partial charge in [0, 0.05) is 0 Å². The van der Waals surface area contributed by atoms with Gasteiger partial charge in [0.15, 0.2) is 0 Å². The normalized spacial score (nSPS) is 30.8. The summed E-state index contributed by atoms with van der Waals surface area (Å²) in [7, 11) is 0. The maximum atomic E-state index is 11.3. The van der Waals surface area contributed by atoms with E-state index in [0.717, 1.165) is 6.08 Å². The molecule has 1 aliphatic rings. The lowest BCUT2D eigenvalue weighted by atomic mass is 9.99. The second kappa shape index (κ2) is 7.60. The Labute approximate surface area is 136 Å². The number of benzene rings is 1. The van der Waals surface area contributed by atoms with Gasteiger partial charge in [-0.3, -0.25) is 0 Å². The average Bonchev–Trinajstić information content (AvgIpc) is 2.56. The van der Waals surface area contributed by atoms with Crippen LogP contribution in [-0.2, 0) is 14.3 Å². The molecule has 1 heterocycles. The van der Waals surface area contributed by atoms with Gasteiger partial charge in [-0.15, -0.1) is 0 Å². The molecule has 0 radical (unpaired) electrons. The summed E-state index contributed by atoms with van der Waals surface area (Å²) in [5.41, 5.74) is 0.398. The molecule has 2 rings (SSSR count). The second-order valence-corrected chi connectivity index (χ2v) is 5.22. The molecule has 0 saturated carbocycles. The molecule has 0 aliphatic carbocycles. The Kier molecular flexibility index (Phi) is 5.75. The van der Waals surface area contributed by atoms with Gasteiger partial charge in [0.05, 0.1) is 6.61 Å². The zero-order valence-electron chi connectivity index (χ0n) is 12.4. The molecule has 1 aromatic carbocycles. The van der Waals surface area contributed by atoms with E-state index in [4.69, 9.17) is 14.6 Å². The Morgan fingerprint density at radius 1 is 1.12 bits per heavy atom. The van der Waals surface area contributed by atoms with Crippen LogP contribution in [0.5, 0.6) is 5.75 Å². The first-order chi connectivity index (χ1) is 11.3. The van der Waals surface area contributed by atoms with Crippen LogP contribution in [0.3, 0.4) is 0 Å². The number of carboxylic acid groups (broad SMARTS) is 1. The largest absolute Gasteiger partial charge is 0.508 e. The van der Waals surface area contributed by atoms with Crippen molar-refractivity contribution < 1.29 is 44.9 Å². The topological polar surface area (TPSA) is 157 Å². The SMILES string of the molecule is O=C(O)/C(=C/c1ccc(O)cc1)O[C@H]1O[C@H](CO)[C@@H](O)[C@H](O)[C@@H]1O. The summed E-state index contributed by atoms with van der Waals surface area (Å²) in [5.74, 6) is -2.05. The molecule has 0 bridgehead atoms. The van der Waals surface area contributed by atoms with Crippen molar-refractivity contribution in [3.8, 4) is 5.75 Å². The van der Waals surface area contributed by atoms with Crippen molar-refractivity contribution in [1.82, 2.24) is 0 Å². The molecule has 0 spiro atoms. The number of aliphatic hydroxyl groups is 4. The van der Waals surface area contributed by atoms with Gasteiger partial charge in [0.2, 0.25) is 12.0 Å². The fraction of sp³-hybridized carbons (Fsp3) is 0.400. The van der Waals surface area contributed by atoms with Gasteiger partial charge >= 0.3 is 5.97 Å². The summed E-state index contributed by atoms with van der Waals surface area (Å²) in [5, 5.41) is 56.7. The smallest absolute Gasteiger partial charge is 0.371 e. The number of carboxylic acids is 1. The van der Waals surface area contributed by atoms with Gasteiger partial charge in [-0.25, -0.2) is 4.79 Å². The van der Waals surface area contributed by atoms with Crippen LogP contribution in [0.25, 0.3) is 6.08 Å². The Bertz CT molecular complexity index is 595. The van der Waals surface area contributed by atoms with Crippen LogP contribution in [-0.4, -0.2) is 73.9 Å². The number of hydrogen-bond donors (Lipinski definition) is 6. The minimum atomic E-state index is -1.72. The molecule has 0 amide bonds. The Balaban J connectivity index is 2.20. The molecule has 9 heteroatoms. The molecule has 6 N–H and O–H groups in total. The Morgan fingerprint density at radius 3 is 2.29 bits per heavy atom. The van der Waals surface area contributed by atoms with E-state index < -0.39 is 49.0 Å². The maximum absolute atomic E-state index is 11.3. The van der Waals surface area contributed by atoms with Crippen LogP contribution in [0.1, 0.15) is 5.56 Å². The fourth-order valence-corrected chi connectivity index (χ4v) is 2.16. The number of aliphatic carboxylic acids is 1. The molecule has 1 fully saturated rings. The third-order valence-electron chi connectivity index (χ3n) is 3.49. The third kappa shape index (κ3) is 4.02. The molecule has 9 nitrogen and oxygen atoms in total. The molecular formula is C15H18O9. The fourth-order valence-electron chi connectivity index (χ4n) is 2.16. The van der Waals surface area contributed by atoms with Crippen molar-refractivity contribution >= 4 is 12.0 Å². The molecule has 5 atom stereocenters. The second-order valence-electron chi connectivity index (χ2n) is 5.22. The van der Waals surface area contributed by atoms with E-state index in [-0.39, 0.29) is 5.75 Å². The van der Waals surface area contributed by atoms with Crippen LogP contribution in [0.2, 0.25) is 0 Å². The summed E-state index contributed by atoms with van der Waals surface area (Å²) in [4.78, 5) is 11.3. The molecule has 1 saturated heterocycles. The number of aliphatic hydroxyl groups excluding tert-OH is 4. The van der Waals surface area contributed by atoms with Gasteiger partial charge in [-0.05, 0) is 23.8 Å². The molecule has 24 heavy (non-hydrogen) atoms. The highest BCUT2D eigenvalue weighted by Crippen LogP contribution is 2.24. The number of phenols is 1. The molecule has 132 valence electrons. The van der Waals surface area contributed by atoms with Crippen LogP contribution in [0.15, 0.2) is 30.0 Å². The lowest BCUT2D eigenvalue weighted by Crippen LogP contribution is -2.59. The number of carbonyl (C=O) groups is 1. The first-order valence-electron chi connectivity index (χ1n) is 7.04. The van der Waals surface area contributed by atoms with Crippen molar-refractivity contribution in [3.05, 3.63) is 35.6 Å². The highest BCUT2D eigenvalue weighted by Gasteiger charge is 2.45. The zero-order valence-corrected chi connectivity index (χ0v) is 12.4. The quantitative estimate of drug-likeness (QED) is 0.281. The van der Waals surface area contributed by atoms with Gasteiger partial charge in [-0.2, -0.15) is 0 Å². The van der Waals surface area contributed by atoms with Crippen molar-refractivity contribution in [3.63, 3.8) is 0 Å². The zero-order chi connectivity index (χ0) is 17.9. The molecule has 0 unspecified atom stereocenters. The van der Waals surface area contributed by atoms with E-state index in [9.17, 15) is 30.3 Å². The van der Waals surface area contributed by atoms with Gasteiger partial charge in [-0.1, -0.05) is 12.1 Å². The summed E-state index contributed by atoms with van der Waals surface area (Å²) in [6, 6.07) is 5.57. The van der Waals surface area contributed by atoms with Gasteiger partial charge < -0.3 is 40.1 Å².